The molecule has 1 N–H and O–H groups in total. The van der Waals surface area contributed by atoms with Crippen LogP contribution in [0.15, 0.2) is 18.2 Å². The fourth-order valence-corrected chi connectivity index (χ4v) is 3.51. The number of likely N-dealkylation sites (tertiary alicyclic amines) is 1. The molecule has 6 nitrogen and oxygen atoms in total. The van der Waals surface area contributed by atoms with Crippen LogP contribution in [0.5, 0.6) is 11.5 Å². The van der Waals surface area contributed by atoms with E-state index in [1.165, 1.54) is 12.8 Å². The molecule has 2 amide bonds. The summed E-state index contributed by atoms with van der Waals surface area (Å²) in [7, 11) is 3.13. The van der Waals surface area contributed by atoms with Gasteiger partial charge in [-0.05, 0) is 50.7 Å². The van der Waals surface area contributed by atoms with Crippen molar-refractivity contribution in [3.8, 4) is 11.5 Å². The summed E-state index contributed by atoms with van der Waals surface area (Å²) in [4.78, 5) is 27.0. The van der Waals surface area contributed by atoms with E-state index in [9.17, 15) is 9.59 Å². The Morgan fingerprint density at radius 2 is 1.62 bits per heavy atom. The van der Waals surface area contributed by atoms with Gasteiger partial charge in [0, 0.05) is 36.7 Å². The Hall–Kier alpha value is -2.24. The number of methoxy groups -OCH3 is 2. The molecule has 2 fully saturated rings. The minimum absolute atomic E-state index is 0.0000885. The summed E-state index contributed by atoms with van der Waals surface area (Å²) < 4.78 is 10.5. The summed E-state index contributed by atoms with van der Waals surface area (Å²) >= 11 is 0. The van der Waals surface area contributed by atoms with Crippen LogP contribution >= 0.6 is 0 Å². The number of piperidine rings is 1. The number of nitrogens with one attached hydrogen (secondary N) is 1. The van der Waals surface area contributed by atoms with Gasteiger partial charge in [0.1, 0.15) is 11.5 Å². The second kappa shape index (κ2) is 7.98. The average molecular weight is 360 g/mol. The minimum Gasteiger partial charge on any atom is -0.497 e. The van der Waals surface area contributed by atoms with Gasteiger partial charge in [-0.15, -0.1) is 0 Å². The normalized spacial score (nSPS) is 19.0. The number of carbonyl (C=O) groups excluding carboxylic acids is 2. The van der Waals surface area contributed by atoms with Crippen molar-refractivity contribution in [1.29, 1.82) is 0 Å². The van der Waals surface area contributed by atoms with Crippen molar-refractivity contribution < 1.29 is 19.1 Å². The number of carbonyl (C=O) groups is 2. The van der Waals surface area contributed by atoms with Gasteiger partial charge < -0.3 is 19.7 Å². The Labute approximate surface area is 154 Å². The SMILES string of the molecule is COc1cc(OC)cc(C(=O)N2CCC(C(=O)N[C@@H](C)C3CC3)CC2)c1. The summed E-state index contributed by atoms with van der Waals surface area (Å²) in [5, 5.41) is 3.14. The molecule has 0 unspecified atom stereocenters. The first kappa shape index (κ1) is 18.5. The third-order valence-electron chi connectivity index (χ3n) is 5.45. The molecule has 1 aliphatic heterocycles. The predicted molar refractivity (Wildman–Crippen MR) is 98.5 cm³/mol. The molecule has 1 saturated carbocycles. The van der Waals surface area contributed by atoms with Gasteiger partial charge in [-0.3, -0.25) is 9.59 Å². The largest absolute Gasteiger partial charge is 0.497 e. The molecular formula is C20H28N2O4. The highest BCUT2D eigenvalue weighted by atomic mass is 16.5. The van der Waals surface area contributed by atoms with Gasteiger partial charge in [-0.25, -0.2) is 0 Å². The van der Waals surface area contributed by atoms with Gasteiger partial charge in [-0.1, -0.05) is 0 Å². The summed E-state index contributed by atoms with van der Waals surface area (Å²) in [5.74, 6) is 1.93. The highest BCUT2D eigenvalue weighted by Crippen LogP contribution is 2.32. The zero-order chi connectivity index (χ0) is 18.7. The smallest absolute Gasteiger partial charge is 0.254 e. The van der Waals surface area contributed by atoms with Crippen LogP contribution in [-0.4, -0.2) is 50.1 Å². The van der Waals surface area contributed by atoms with Crippen LogP contribution in [0.4, 0.5) is 0 Å². The first-order valence-electron chi connectivity index (χ1n) is 9.34. The standard InChI is InChI=1S/C20H28N2O4/c1-13(14-4-5-14)21-19(23)15-6-8-22(9-7-15)20(24)16-10-17(25-2)12-18(11-16)26-3/h10-15H,4-9H2,1-3H3,(H,21,23)/t13-/m0/s1. The third-order valence-corrected chi connectivity index (χ3v) is 5.45. The highest BCUT2D eigenvalue weighted by molar-refractivity contribution is 5.95. The Morgan fingerprint density at radius 1 is 1.04 bits per heavy atom. The van der Waals surface area contributed by atoms with Crippen LogP contribution in [0.3, 0.4) is 0 Å². The molecule has 1 heterocycles. The second-order valence-electron chi connectivity index (χ2n) is 7.30. The van der Waals surface area contributed by atoms with Crippen molar-refractivity contribution in [3.63, 3.8) is 0 Å². The van der Waals surface area contributed by atoms with Gasteiger partial charge in [0.2, 0.25) is 5.91 Å². The molecule has 1 aliphatic carbocycles. The average Bonchev–Trinajstić information content (AvgIpc) is 3.52. The number of benzene rings is 1. The molecule has 1 aromatic carbocycles. The van der Waals surface area contributed by atoms with Crippen LogP contribution in [-0.2, 0) is 4.79 Å². The van der Waals surface area contributed by atoms with Gasteiger partial charge in [0.15, 0.2) is 0 Å². The molecule has 1 aromatic rings. The molecule has 26 heavy (non-hydrogen) atoms. The van der Waals surface area contributed by atoms with Crippen LogP contribution < -0.4 is 14.8 Å². The Balaban J connectivity index is 1.57. The number of hydrogen-bond acceptors (Lipinski definition) is 4. The summed E-state index contributed by atoms with van der Waals surface area (Å²) in [5.41, 5.74) is 0.548. The van der Waals surface area contributed by atoms with E-state index in [4.69, 9.17) is 9.47 Å². The first-order valence-corrected chi connectivity index (χ1v) is 9.34. The van der Waals surface area contributed by atoms with E-state index in [-0.39, 0.29) is 23.8 Å². The van der Waals surface area contributed by atoms with E-state index in [2.05, 4.69) is 12.2 Å². The van der Waals surface area contributed by atoms with Crippen molar-refractivity contribution in [2.75, 3.05) is 27.3 Å². The lowest BCUT2D eigenvalue weighted by Crippen LogP contribution is -2.45. The summed E-state index contributed by atoms with van der Waals surface area (Å²) in [6, 6.07) is 5.46. The molecule has 1 atom stereocenters. The number of ether oxygens (including phenoxy) is 2. The van der Waals surface area contributed by atoms with Gasteiger partial charge >= 0.3 is 0 Å². The van der Waals surface area contributed by atoms with Crippen molar-refractivity contribution >= 4 is 11.8 Å². The molecule has 0 bridgehead atoms. The van der Waals surface area contributed by atoms with Crippen molar-refractivity contribution in [3.05, 3.63) is 23.8 Å². The Kier molecular flexibility index (Phi) is 5.69. The van der Waals surface area contributed by atoms with E-state index in [1.807, 2.05) is 4.90 Å². The monoisotopic (exact) mass is 360 g/mol. The highest BCUT2D eigenvalue weighted by Gasteiger charge is 2.32. The summed E-state index contributed by atoms with van der Waals surface area (Å²) in [6.45, 7) is 3.27. The van der Waals surface area contributed by atoms with E-state index in [1.54, 1.807) is 32.4 Å². The molecule has 2 aliphatic rings. The molecule has 142 valence electrons. The summed E-state index contributed by atoms with van der Waals surface area (Å²) in [6.07, 6.45) is 3.85. The molecule has 3 rings (SSSR count). The zero-order valence-corrected chi connectivity index (χ0v) is 15.8. The van der Waals surface area contributed by atoms with E-state index in [0.29, 0.717) is 48.9 Å². The van der Waals surface area contributed by atoms with E-state index in [0.717, 1.165) is 0 Å². The van der Waals surface area contributed by atoms with Crippen LogP contribution in [0.2, 0.25) is 0 Å². The lowest BCUT2D eigenvalue weighted by atomic mass is 9.95. The predicted octanol–water partition coefficient (Wildman–Crippen LogP) is 2.47. The fourth-order valence-electron chi connectivity index (χ4n) is 3.51. The van der Waals surface area contributed by atoms with Crippen molar-refractivity contribution in [1.82, 2.24) is 10.2 Å². The Morgan fingerprint density at radius 3 is 2.12 bits per heavy atom. The molecular weight excluding hydrogens is 332 g/mol. The van der Waals surface area contributed by atoms with Crippen molar-refractivity contribution in [2.45, 2.75) is 38.6 Å². The maximum absolute atomic E-state index is 12.8. The molecule has 6 heteroatoms. The maximum Gasteiger partial charge on any atom is 0.254 e. The van der Waals surface area contributed by atoms with E-state index >= 15 is 0 Å². The maximum atomic E-state index is 12.8. The first-order chi connectivity index (χ1) is 12.5. The minimum atomic E-state index is -0.0487. The second-order valence-corrected chi connectivity index (χ2v) is 7.30. The lowest BCUT2D eigenvalue weighted by Gasteiger charge is -2.32. The van der Waals surface area contributed by atoms with Gasteiger partial charge in [-0.2, -0.15) is 0 Å². The van der Waals surface area contributed by atoms with Gasteiger partial charge in [0.25, 0.3) is 5.91 Å². The molecule has 0 spiro atoms. The quantitative estimate of drug-likeness (QED) is 0.846. The topological polar surface area (TPSA) is 67.9 Å². The molecule has 0 radical (unpaired) electrons. The molecule has 0 aromatic heterocycles. The van der Waals surface area contributed by atoms with Crippen LogP contribution in [0.25, 0.3) is 0 Å². The van der Waals surface area contributed by atoms with Crippen LogP contribution in [0, 0.1) is 11.8 Å². The number of nitrogens with zero attached hydrogens (tertiary/aromatic N) is 1. The Bertz CT molecular complexity index is 642. The molecule has 1 saturated heterocycles. The lowest BCUT2D eigenvalue weighted by molar-refractivity contribution is -0.127. The van der Waals surface area contributed by atoms with Gasteiger partial charge in [0.05, 0.1) is 14.2 Å². The number of hydrogen-bond donors (Lipinski definition) is 1. The van der Waals surface area contributed by atoms with Crippen molar-refractivity contribution in [2.24, 2.45) is 11.8 Å². The zero-order valence-electron chi connectivity index (χ0n) is 15.8. The third kappa shape index (κ3) is 4.29. The number of amides is 2. The number of rotatable bonds is 6. The van der Waals surface area contributed by atoms with E-state index < -0.39 is 0 Å². The van der Waals surface area contributed by atoms with Crippen LogP contribution in [0.1, 0.15) is 43.0 Å². The fraction of sp³-hybridized carbons (Fsp3) is 0.600.